The molecule has 0 radical (unpaired) electrons. The third kappa shape index (κ3) is 3.28. The number of nitrogens with zero attached hydrogens (tertiary/aromatic N) is 3. The second kappa shape index (κ2) is 7.01. The molecule has 2 heterocycles. The maximum absolute atomic E-state index is 14.2. The van der Waals surface area contributed by atoms with E-state index in [1.54, 1.807) is 31.2 Å². The largest absolute Gasteiger partial charge is 0.462 e. The Labute approximate surface area is 171 Å². The topological polar surface area (TPSA) is 113 Å². The second-order valence-electron chi connectivity index (χ2n) is 7.16. The molecule has 1 fully saturated rings. The summed E-state index contributed by atoms with van der Waals surface area (Å²) >= 11 is 6.37. The van der Waals surface area contributed by atoms with E-state index in [4.69, 9.17) is 27.3 Å². The van der Waals surface area contributed by atoms with Crippen molar-refractivity contribution in [3.8, 4) is 6.07 Å². The van der Waals surface area contributed by atoms with Crippen LogP contribution in [0, 0.1) is 24.2 Å². The van der Waals surface area contributed by atoms with Gasteiger partial charge in [-0.2, -0.15) is 5.26 Å². The summed E-state index contributed by atoms with van der Waals surface area (Å²) in [6.45, 7) is 0.909. The molecular weight excluding hydrogens is 397 g/mol. The monoisotopic (exact) mass is 413 g/mol. The van der Waals surface area contributed by atoms with Crippen LogP contribution in [0.1, 0.15) is 33.6 Å². The first-order valence-corrected chi connectivity index (χ1v) is 9.32. The number of nitrogens with one attached hydrogen (secondary N) is 1. The van der Waals surface area contributed by atoms with Crippen molar-refractivity contribution in [2.45, 2.75) is 25.0 Å². The molecule has 1 amide bonds. The van der Waals surface area contributed by atoms with E-state index in [0.29, 0.717) is 33.8 Å². The first-order valence-electron chi connectivity index (χ1n) is 8.94. The van der Waals surface area contributed by atoms with Gasteiger partial charge >= 0.3 is 0 Å². The number of fused-ring (bicyclic) bond motifs is 1. The van der Waals surface area contributed by atoms with Gasteiger partial charge in [-0.05, 0) is 43.2 Å². The summed E-state index contributed by atoms with van der Waals surface area (Å²) in [7, 11) is 0. The van der Waals surface area contributed by atoms with E-state index in [-0.39, 0.29) is 23.7 Å². The fraction of sp³-hybridized carbons (Fsp3) is 0.300. The second-order valence-corrected chi connectivity index (χ2v) is 7.56. The third-order valence-corrected chi connectivity index (χ3v) is 5.57. The highest BCUT2D eigenvalue weighted by molar-refractivity contribution is 6.31. The Morgan fingerprint density at radius 3 is 3.00 bits per heavy atom. The minimum Gasteiger partial charge on any atom is -0.462 e. The first-order chi connectivity index (χ1) is 13.9. The molecule has 0 bridgehead atoms. The molecule has 1 saturated carbocycles. The summed E-state index contributed by atoms with van der Waals surface area (Å²) in [6, 6.07) is 8.31. The number of hydrogen-bond acceptors (Lipinski definition) is 6. The minimum atomic E-state index is -1.23. The van der Waals surface area contributed by atoms with Crippen LogP contribution in [0.5, 0.6) is 0 Å². The Bertz CT molecular complexity index is 1080. The van der Waals surface area contributed by atoms with Gasteiger partial charge < -0.3 is 15.8 Å². The molecule has 1 unspecified atom stereocenters. The highest BCUT2D eigenvalue weighted by Crippen LogP contribution is 2.54. The Kier molecular flexibility index (Phi) is 4.63. The number of halogens is 2. The van der Waals surface area contributed by atoms with Crippen molar-refractivity contribution in [1.29, 1.82) is 5.26 Å². The number of amides is 1. The third-order valence-electron chi connectivity index (χ3n) is 5.24. The number of ether oxygens (including phenoxy) is 1. The molecule has 1 aliphatic carbocycles. The first kappa shape index (κ1) is 19.2. The number of carbonyl (C=O) groups excluding carboxylic acids is 1. The van der Waals surface area contributed by atoms with Gasteiger partial charge in [0.2, 0.25) is 0 Å². The highest BCUT2D eigenvalue weighted by Gasteiger charge is 2.59. The average molecular weight is 414 g/mol. The van der Waals surface area contributed by atoms with Crippen LogP contribution in [-0.4, -0.2) is 29.7 Å². The zero-order chi connectivity index (χ0) is 20.8. The van der Waals surface area contributed by atoms with E-state index in [2.05, 4.69) is 15.3 Å². The van der Waals surface area contributed by atoms with Gasteiger partial charge in [0.1, 0.15) is 30.1 Å². The van der Waals surface area contributed by atoms with Crippen LogP contribution in [-0.2, 0) is 10.3 Å². The molecule has 4 rings (SSSR count). The van der Waals surface area contributed by atoms with Crippen LogP contribution in [0.25, 0.3) is 0 Å². The Morgan fingerprint density at radius 2 is 2.31 bits per heavy atom. The predicted octanol–water partition coefficient (Wildman–Crippen LogP) is 3.07. The normalized spacial score (nSPS) is 24.6. The lowest BCUT2D eigenvalue weighted by atomic mass is 9.85. The number of amidine groups is 1. The van der Waals surface area contributed by atoms with Crippen LogP contribution in [0.2, 0.25) is 5.02 Å². The van der Waals surface area contributed by atoms with Crippen molar-refractivity contribution < 1.29 is 13.9 Å². The molecule has 2 aliphatic rings. The number of alkyl halides is 1. The van der Waals surface area contributed by atoms with Crippen molar-refractivity contribution in [2.24, 2.45) is 16.6 Å². The lowest BCUT2D eigenvalue weighted by molar-refractivity contribution is 0.102. The molecule has 3 N–H and O–H groups in total. The number of anilines is 1. The van der Waals surface area contributed by atoms with Gasteiger partial charge in [0, 0.05) is 28.4 Å². The molecule has 1 aromatic heterocycles. The molecule has 29 heavy (non-hydrogen) atoms. The number of hydrogen-bond donors (Lipinski definition) is 2. The van der Waals surface area contributed by atoms with Gasteiger partial charge in [-0.15, -0.1) is 0 Å². The average Bonchev–Trinajstić information content (AvgIpc) is 3.48. The molecule has 7 nitrogen and oxygen atoms in total. The van der Waals surface area contributed by atoms with Crippen molar-refractivity contribution in [3.05, 3.63) is 57.9 Å². The number of aromatic nitrogens is 1. The van der Waals surface area contributed by atoms with Crippen LogP contribution >= 0.6 is 11.6 Å². The van der Waals surface area contributed by atoms with Crippen molar-refractivity contribution in [3.63, 3.8) is 0 Å². The minimum absolute atomic E-state index is 0.0655. The molecular formula is C20H17ClFN5O2. The van der Waals surface area contributed by atoms with Gasteiger partial charge in [-0.1, -0.05) is 11.6 Å². The van der Waals surface area contributed by atoms with E-state index >= 15 is 0 Å². The van der Waals surface area contributed by atoms with Crippen molar-refractivity contribution in [2.75, 3.05) is 12.0 Å². The summed E-state index contributed by atoms with van der Waals surface area (Å²) in [6.07, 6.45) is 1.79. The molecule has 9 heteroatoms. The zero-order valence-electron chi connectivity index (χ0n) is 15.4. The van der Waals surface area contributed by atoms with E-state index in [1.165, 1.54) is 6.20 Å². The number of carbonyl (C=O) groups is 1. The van der Waals surface area contributed by atoms with E-state index in [1.807, 2.05) is 6.07 Å². The fourth-order valence-electron chi connectivity index (χ4n) is 3.73. The highest BCUT2D eigenvalue weighted by atomic mass is 35.5. The maximum atomic E-state index is 14.2. The number of aliphatic imine (C=N–C) groups is 1. The summed E-state index contributed by atoms with van der Waals surface area (Å²) < 4.78 is 19.6. The van der Waals surface area contributed by atoms with Crippen LogP contribution < -0.4 is 11.1 Å². The molecule has 0 spiro atoms. The van der Waals surface area contributed by atoms with E-state index in [0.717, 1.165) is 0 Å². The van der Waals surface area contributed by atoms with Crippen LogP contribution in [0.4, 0.5) is 10.1 Å². The number of nitriles is 1. The van der Waals surface area contributed by atoms with Crippen molar-refractivity contribution in [1.82, 2.24) is 4.98 Å². The predicted molar refractivity (Wildman–Crippen MR) is 105 cm³/mol. The summed E-state index contributed by atoms with van der Waals surface area (Å²) in [4.78, 5) is 21.0. The summed E-state index contributed by atoms with van der Waals surface area (Å²) in [5, 5.41) is 12.0. The van der Waals surface area contributed by atoms with Gasteiger partial charge in [-0.3, -0.25) is 4.79 Å². The molecule has 1 aliphatic heterocycles. The summed E-state index contributed by atoms with van der Waals surface area (Å²) in [5.41, 5.74) is 6.51. The van der Waals surface area contributed by atoms with E-state index in [9.17, 15) is 9.18 Å². The Hall–Kier alpha value is -3.18. The van der Waals surface area contributed by atoms with Gasteiger partial charge in [0.15, 0.2) is 0 Å². The van der Waals surface area contributed by atoms with E-state index < -0.39 is 18.1 Å². The smallest absolute Gasteiger partial charge is 0.283 e. The lowest BCUT2D eigenvalue weighted by Gasteiger charge is -2.32. The number of aryl methyl sites for hydroxylation is 1. The number of benzene rings is 1. The van der Waals surface area contributed by atoms with Crippen LogP contribution in [0.3, 0.4) is 0 Å². The Balaban J connectivity index is 1.67. The molecule has 0 saturated heterocycles. The zero-order valence-corrected chi connectivity index (χ0v) is 16.2. The lowest BCUT2D eigenvalue weighted by Crippen LogP contribution is -2.39. The quantitative estimate of drug-likeness (QED) is 0.799. The van der Waals surface area contributed by atoms with Gasteiger partial charge in [-0.25, -0.2) is 14.4 Å². The number of pyridine rings is 1. The van der Waals surface area contributed by atoms with Crippen molar-refractivity contribution >= 4 is 29.2 Å². The Morgan fingerprint density at radius 1 is 1.52 bits per heavy atom. The molecule has 3 atom stereocenters. The number of nitrogens with two attached hydrogens (primary N) is 1. The SMILES string of the molecule is Cc1cc(C#N)cnc1C(=O)Nc1ccc(Cl)c([C@@]2(CF)N=C(N)O[C@@H]3CC32)c1. The maximum Gasteiger partial charge on any atom is 0.283 e. The standard InChI is InChI=1S/C20H17ClFN5O2/c1-10-4-11(7-23)8-25-17(10)18(28)26-12-2-3-15(21)13(5-12)20(9-22)14-6-16(14)29-19(24)27-20/h2-5,8,14,16H,6,9H2,1H3,(H2,24,27)(H,26,28)/t14?,16-,20-/m1/s1. The molecule has 2 aromatic rings. The van der Waals surface area contributed by atoms with Crippen LogP contribution in [0.15, 0.2) is 35.5 Å². The summed E-state index contributed by atoms with van der Waals surface area (Å²) in [5.74, 6) is -0.612. The van der Waals surface area contributed by atoms with Gasteiger partial charge in [0.05, 0.1) is 5.56 Å². The van der Waals surface area contributed by atoms with Gasteiger partial charge in [0.25, 0.3) is 11.9 Å². The number of rotatable bonds is 4. The molecule has 148 valence electrons. The fourth-order valence-corrected chi connectivity index (χ4v) is 4.01. The molecule has 1 aromatic carbocycles.